The maximum Gasteiger partial charge on any atom is 0.320 e. The Morgan fingerprint density at radius 1 is 1.20 bits per heavy atom. The van der Waals surface area contributed by atoms with Crippen molar-refractivity contribution < 1.29 is 28.2 Å². The van der Waals surface area contributed by atoms with E-state index in [-0.39, 0.29) is 17.4 Å². The molecule has 0 unspecified atom stereocenters. The number of benzene rings is 1. The van der Waals surface area contributed by atoms with Gasteiger partial charge in [0, 0.05) is 0 Å². The number of carboxylic acids is 1. The maximum atomic E-state index is 13.6. The predicted molar refractivity (Wildman–Crippen MR) is 91.5 cm³/mol. The molecule has 0 aliphatic rings. The van der Waals surface area contributed by atoms with Crippen LogP contribution in [0.1, 0.15) is 45.2 Å². The highest BCUT2D eigenvalue weighted by atomic mass is 19.3. The molecule has 2 atom stereocenters. The number of carbonyl (C=O) groups is 1. The fourth-order valence-electron chi connectivity index (χ4n) is 2.43. The lowest BCUT2D eigenvalue weighted by molar-refractivity contribution is -0.140. The highest BCUT2D eigenvalue weighted by Gasteiger charge is 2.30. The molecule has 1 rings (SSSR count). The average molecular weight is 359 g/mol. The lowest BCUT2D eigenvalue weighted by Gasteiger charge is -2.26. The van der Waals surface area contributed by atoms with Gasteiger partial charge in [0.25, 0.3) is 6.43 Å². The summed E-state index contributed by atoms with van der Waals surface area (Å²) in [5.74, 6) is -0.411. The van der Waals surface area contributed by atoms with E-state index < -0.39 is 24.5 Å². The van der Waals surface area contributed by atoms with Gasteiger partial charge in [-0.2, -0.15) is 0 Å². The summed E-state index contributed by atoms with van der Waals surface area (Å²) in [6.07, 6.45) is -1.91. The lowest BCUT2D eigenvalue weighted by atomic mass is 9.88. The van der Waals surface area contributed by atoms with Crippen molar-refractivity contribution in [1.82, 2.24) is 5.32 Å². The Labute approximate surface area is 147 Å². The van der Waals surface area contributed by atoms with E-state index in [1.165, 1.54) is 32.4 Å². The minimum atomic E-state index is -2.77. The molecule has 0 bridgehead atoms. The second-order valence-corrected chi connectivity index (χ2v) is 7.08. The number of carboxylic acid groups (broad SMARTS) is 1. The van der Waals surface area contributed by atoms with Crippen LogP contribution in [0.25, 0.3) is 0 Å². The molecule has 0 saturated heterocycles. The zero-order chi connectivity index (χ0) is 19.2. The first-order valence-corrected chi connectivity index (χ1v) is 8.08. The molecule has 25 heavy (non-hydrogen) atoms. The van der Waals surface area contributed by atoms with Crippen LogP contribution in [0.2, 0.25) is 0 Å². The van der Waals surface area contributed by atoms with Crippen molar-refractivity contribution in [2.75, 3.05) is 14.2 Å². The van der Waals surface area contributed by atoms with Crippen LogP contribution in [0, 0.1) is 5.41 Å². The topological polar surface area (TPSA) is 67.8 Å². The van der Waals surface area contributed by atoms with E-state index in [1.54, 1.807) is 0 Å². The Morgan fingerprint density at radius 3 is 2.24 bits per heavy atom. The minimum absolute atomic E-state index is 0.0843. The third-order valence-electron chi connectivity index (χ3n) is 3.88. The molecule has 0 radical (unpaired) electrons. The number of aliphatic carboxylic acids is 1. The molecule has 0 amide bonds. The van der Waals surface area contributed by atoms with E-state index in [1.807, 2.05) is 20.8 Å². The van der Waals surface area contributed by atoms with Crippen molar-refractivity contribution in [3.63, 3.8) is 0 Å². The SMILES string of the molecule is COc1ccc([C@H](N[C@@H](CCC(C)(C)C)C(=O)O)C(F)F)cc1OC. The summed E-state index contributed by atoms with van der Waals surface area (Å²) < 4.78 is 37.4. The van der Waals surface area contributed by atoms with Gasteiger partial charge in [-0.15, -0.1) is 0 Å². The standard InChI is InChI=1S/C18H27F2NO4/c1-18(2,3)9-8-12(17(22)23)21-15(16(19)20)11-6-7-13(24-4)14(10-11)25-5/h6-7,10,12,15-16,21H,8-9H2,1-5H3,(H,22,23)/t12-,15-/m0/s1. The van der Waals surface area contributed by atoms with E-state index in [0.29, 0.717) is 17.9 Å². The summed E-state index contributed by atoms with van der Waals surface area (Å²) in [6.45, 7) is 5.93. The van der Waals surface area contributed by atoms with Crippen molar-refractivity contribution >= 4 is 5.97 Å². The van der Waals surface area contributed by atoms with Crippen molar-refractivity contribution in [3.8, 4) is 11.5 Å². The van der Waals surface area contributed by atoms with E-state index >= 15 is 0 Å². The molecule has 1 aromatic rings. The zero-order valence-corrected chi connectivity index (χ0v) is 15.3. The first kappa shape index (κ1) is 21.2. The Hall–Kier alpha value is -1.89. The number of hydrogen-bond donors (Lipinski definition) is 2. The molecule has 0 spiro atoms. The molecule has 0 aliphatic carbocycles. The Kier molecular flexibility index (Phi) is 7.60. The van der Waals surface area contributed by atoms with Gasteiger partial charge in [0.15, 0.2) is 11.5 Å². The highest BCUT2D eigenvalue weighted by Crippen LogP contribution is 2.32. The Bertz CT molecular complexity index is 573. The fraction of sp³-hybridized carbons (Fsp3) is 0.611. The molecule has 5 nitrogen and oxygen atoms in total. The molecule has 142 valence electrons. The number of ether oxygens (including phenoxy) is 2. The molecule has 0 aliphatic heterocycles. The molecule has 7 heteroatoms. The minimum Gasteiger partial charge on any atom is -0.493 e. The van der Waals surface area contributed by atoms with E-state index in [2.05, 4.69) is 5.32 Å². The molecular weight excluding hydrogens is 332 g/mol. The van der Waals surface area contributed by atoms with Crippen molar-refractivity contribution in [2.45, 2.75) is 52.1 Å². The van der Waals surface area contributed by atoms with Gasteiger partial charge in [-0.05, 0) is 36.0 Å². The van der Waals surface area contributed by atoms with Gasteiger partial charge in [0.05, 0.1) is 20.3 Å². The first-order valence-electron chi connectivity index (χ1n) is 8.08. The second kappa shape index (κ2) is 8.99. The van der Waals surface area contributed by atoms with E-state index in [4.69, 9.17) is 9.47 Å². The number of alkyl halides is 2. The third kappa shape index (κ3) is 6.49. The molecule has 2 N–H and O–H groups in total. The number of methoxy groups -OCH3 is 2. The summed E-state index contributed by atoms with van der Waals surface area (Å²) >= 11 is 0. The smallest absolute Gasteiger partial charge is 0.320 e. The molecule has 0 heterocycles. The quantitative estimate of drug-likeness (QED) is 0.700. The summed E-state index contributed by atoms with van der Waals surface area (Å²) in [5, 5.41) is 12.0. The molecule has 0 saturated carbocycles. The van der Waals surface area contributed by atoms with Crippen molar-refractivity contribution in [3.05, 3.63) is 23.8 Å². The summed E-state index contributed by atoms with van der Waals surface area (Å²) in [5.41, 5.74) is 0.161. The average Bonchev–Trinajstić information content (AvgIpc) is 2.52. The molecule has 0 aromatic heterocycles. The summed E-state index contributed by atoms with van der Waals surface area (Å²) in [7, 11) is 2.86. The highest BCUT2D eigenvalue weighted by molar-refractivity contribution is 5.73. The molecular formula is C18H27F2NO4. The van der Waals surface area contributed by atoms with Crippen LogP contribution in [-0.2, 0) is 4.79 Å². The monoisotopic (exact) mass is 359 g/mol. The van der Waals surface area contributed by atoms with Crippen molar-refractivity contribution in [2.24, 2.45) is 5.41 Å². The normalized spacial score (nSPS) is 14.2. The van der Waals surface area contributed by atoms with E-state index in [9.17, 15) is 18.7 Å². The number of hydrogen-bond acceptors (Lipinski definition) is 4. The van der Waals surface area contributed by atoms with Crippen molar-refractivity contribution in [1.29, 1.82) is 0 Å². The zero-order valence-electron chi connectivity index (χ0n) is 15.3. The number of halogens is 2. The largest absolute Gasteiger partial charge is 0.493 e. The summed E-state index contributed by atoms with van der Waals surface area (Å²) in [6, 6.07) is 1.96. The van der Waals surface area contributed by atoms with Gasteiger partial charge >= 0.3 is 5.97 Å². The van der Waals surface area contributed by atoms with Crippen LogP contribution in [-0.4, -0.2) is 37.8 Å². The molecule has 1 aromatic carbocycles. The van der Waals surface area contributed by atoms with Crippen LogP contribution in [0.3, 0.4) is 0 Å². The molecule has 0 fully saturated rings. The van der Waals surface area contributed by atoms with Gasteiger partial charge in [0.2, 0.25) is 0 Å². The van der Waals surface area contributed by atoms with Crippen LogP contribution in [0.5, 0.6) is 11.5 Å². The van der Waals surface area contributed by atoms with Gasteiger partial charge in [-0.3, -0.25) is 10.1 Å². The predicted octanol–water partition coefficient (Wildman–Crippen LogP) is 3.88. The fourth-order valence-corrected chi connectivity index (χ4v) is 2.43. The van der Waals surface area contributed by atoms with Gasteiger partial charge in [0.1, 0.15) is 6.04 Å². The van der Waals surface area contributed by atoms with Crippen LogP contribution in [0.4, 0.5) is 8.78 Å². The summed E-state index contributed by atoms with van der Waals surface area (Å²) in [4.78, 5) is 11.5. The third-order valence-corrected chi connectivity index (χ3v) is 3.88. The maximum absolute atomic E-state index is 13.6. The number of nitrogens with one attached hydrogen (secondary N) is 1. The van der Waals surface area contributed by atoms with Gasteiger partial charge in [-0.25, -0.2) is 8.78 Å². The van der Waals surface area contributed by atoms with E-state index in [0.717, 1.165) is 0 Å². The Balaban J connectivity index is 3.03. The first-order chi connectivity index (χ1) is 11.6. The lowest BCUT2D eigenvalue weighted by Crippen LogP contribution is -2.42. The van der Waals surface area contributed by atoms with Crippen LogP contribution in [0.15, 0.2) is 18.2 Å². The van der Waals surface area contributed by atoms with Gasteiger partial charge in [-0.1, -0.05) is 26.8 Å². The Morgan fingerprint density at radius 2 is 1.80 bits per heavy atom. The number of rotatable bonds is 9. The second-order valence-electron chi connectivity index (χ2n) is 7.08. The van der Waals surface area contributed by atoms with Gasteiger partial charge < -0.3 is 14.6 Å². The van der Waals surface area contributed by atoms with Crippen LogP contribution >= 0.6 is 0 Å². The van der Waals surface area contributed by atoms with Crippen LogP contribution < -0.4 is 14.8 Å².